The summed E-state index contributed by atoms with van der Waals surface area (Å²) < 4.78 is 15.4. The first kappa shape index (κ1) is 17.8. The summed E-state index contributed by atoms with van der Waals surface area (Å²) in [6, 6.07) is 10.1. The van der Waals surface area contributed by atoms with Crippen molar-refractivity contribution in [3.8, 4) is 22.9 Å². The van der Waals surface area contributed by atoms with E-state index in [1.54, 1.807) is 43.3 Å². The molecule has 0 aliphatic heterocycles. The first-order valence-electron chi connectivity index (χ1n) is 7.65. The average molecular weight is 374 g/mol. The summed E-state index contributed by atoms with van der Waals surface area (Å²) in [5, 5.41) is 7.01. The molecule has 1 aromatic heterocycles. The quantitative estimate of drug-likeness (QED) is 0.728. The average Bonchev–Trinajstić information content (AvgIpc) is 3.08. The second-order valence-electron chi connectivity index (χ2n) is 5.36. The Bertz CT molecular complexity index is 955. The lowest BCUT2D eigenvalue weighted by Crippen LogP contribution is -2.13. The minimum absolute atomic E-state index is 0.327. The Hall–Kier alpha value is -3.06. The van der Waals surface area contributed by atoms with E-state index >= 15 is 0 Å². The molecule has 134 valence electrons. The van der Waals surface area contributed by atoms with Crippen LogP contribution in [0, 0.1) is 6.92 Å². The van der Waals surface area contributed by atoms with Gasteiger partial charge in [-0.3, -0.25) is 4.79 Å². The van der Waals surface area contributed by atoms with Gasteiger partial charge in [0.2, 0.25) is 11.7 Å². The van der Waals surface area contributed by atoms with E-state index < -0.39 is 0 Å². The number of carbonyl (C=O) groups excluding carboxylic acids is 1. The van der Waals surface area contributed by atoms with E-state index in [4.69, 9.17) is 25.6 Å². The molecule has 3 rings (SSSR count). The van der Waals surface area contributed by atoms with Crippen molar-refractivity contribution in [2.45, 2.75) is 6.92 Å². The molecule has 2 aromatic carbocycles. The van der Waals surface area contributed by atoms with Crippen LogP contribution in [0.1, 0.15) is 16.2 Å². The number of anilines is 1. The molecule has 0 atom stereocenters. The molecule has 0 fully saturated rings. The third kappa shape index (κ3) is 3.62. The summed E-state index contributed by atoms with van der Waals surface area (Å²) in [6.07, 6.45) is 0. The highest BCUT2D eigenvalue weighted by Crippen LogP contribution is 2.36. The maximum absolute atomic E-state index is 12.6. The first-order chi connectivity index (χ1) is 12.5. The summed E-state index contributed by atoms with van der Waals surface area (Å²) in [5.74, 6) is 1.43. The lowest BCUT2D eigenvalue weighted by Gasteiger charge is -2.13. The second-order valence-corrected chi connectivity index (χ2v) is 5.77. The van der Waals surface area contributed by atoms with Crippen LogP contribution in [-0.2, 0) is 0 Å². The van der Waals surface area contributed by atoms with Crippen molar-refractivity contribution in [2.75, 3.05) is 19.5 Å². The largest absolute Gasteiger partial charge is 0.495 e. The van der Waals surface area contributed by atoms with Crippen LogP contribution < -0.4 is 14.8 Å². The number of hydrogen-bond donors (Lipinski definition) is 1. The summed E-state index contributed by atoms with van der Waals surface area (Å²) in [7, 11) is 3.00. The van der Waals surface area contributed by atoms with Crippen LogP contribution in [0.3, 0.4) is 0 Å². The van der Waals surface area contributed by atoms with Gasteiger partial charge >= 0.3 is 0 Å². The van der Waals surface area contributed by atoms with Crippen molar-refractivity contribution >= 4 is 23.2 Å². The van der Waals surface area contributed by atoms with E-state index in [1.807, 2.05) is 0 Å². The number of carbonyl (C=O) groups is 1. The highest BCUT2D eigenvalue weighted by Gasteiger charge is 2.15. The van der Waals surface area contributed by atoms with Crippen molar-refractivity contribution in [1.82, 2.24) is 10.1 Å². The third-order valence-corrected chi connectivity index (χ3v) is 3.93. The Morgan fingerprint density at radius 2 is 1.92 bits per heavy atom. The third-order valence-electron chi connectivity index (χ3n) is 3.63. The topological polar surface area (TPSA) is 86.5 Å². The van der Waals surface area contributed by atoms with Gasteiger partial charge < -0.3 is 19.3 Å². The Morgan fingerprint density at radius 3 is 2.58 bits per heavy atom. The molecule has 0 aliphatic carbocycles. The number of methoxy groups -OCH3 is 2. The molecule has 0 aliphatic rings. The van der Waals surface area contributed by atoms with Gasteiger partial charge in [-0.15, -0.1) is 0 Å². The van der Waals surface area contributed by atoms with E-state index in [2.05, 4.69) is 15.5 Å². The highest BCUT2D eigenvalue weighted by atomic mass is 35.5. The molecular weight excluding hydrogens is 358 g/mol. The first-order valence-corrected chi connectivity index (χ1v) is 8.03. The zero-order valence-electron chi connectivity index (χ0n) is 14.4. The molecule has 1 amide bonds. The number of aromatic nitrogens is 2. The van der Waals surface area contributed by atoms with Gasteiger partial charge in [0.25, 0.3) is 5.91 Å². The molecule has 26 heavy (non-hydrogen) atoms. The summed E-state index contributed by atoms with van der Waals surface area (Å²) in [4.78, 5) is 16.8. The van der Waals surface area contributed by atoms with E-state index in [0.717, 1.165) is 0 Å². The van der Waals surface area contributed by atoms with Crippen molar-refractivity contribution in [3.63, 3.8) is 0 Å². The molecule has 0 saturated carbocycles. The SMILES string of the molecule is COc1cc(OC)c(NC(=O)c2cccc(-c3noc(C)n3)c2)cc1Cl. The number of nitrogens with zero attached hydrogens (tertiary/aromatic N) is 2. The highest BCUT2D eigenvalue weighted by molar-refractivity contribution is 6.32. The van der Waals surface area contributed by atoms with Crippen LogP contribution in [0.2, 0.25) is 5.02 Å². The fraction of sp³-hybridized carbons (Fsp3) is 0.167. The Balaban J connectivity index is 1.88. The normalized spacial score (nSPS) is 10.5. The number of benzene rings is 2. The minimum Gasteiger partial charge on any atom is -0.495 e. The van der Waals surface area contributed by atoms with Crippen LogP contribution in [0.5, 0.6) is 11.5 Å². The molecule has 1 N–H and O–H groups in total. The number of ether oxygens (including phenoxy) is 2. The van der Waals surface area contributed by atoms with Gasteiger partial charge in [0.1, 0.15) is 11.5 Å². The number of amides is 1. The number of nitrogens with one attached hydrogen (secondary N) is 1. The van der Waals surface area contributed by atoms with Gasteiger partial charge in [0, 0.05) is 24.1 Å². The predicted octanol–water partition coefficient (Wildman–Crippen LogP) is 3.97. The summed E-state index contributed by atoms with van der Waals surface area (Å²) >= 11 is 6.14. The molecule has 0 radical (unpaired) electrons. The smallest absolute Gasteiger partial charge is 0.255 e. The lowest BCUT2D eigenvalue weighted by molar-refractivity contribution is 0.102. The van der Waals surface area contributed by atoms with E-state index in [-0.39, 0.29) is 5.91 Å². The fourth-order valence-electron chi connectivity index (χ4n) is 2.37. The lowest BCUT2D eigenvalue weighted by atomic mass is 10.1. The van der Waals surface area contributed by atoms with Crippen LogP contribution in [0.4, 0.5) is 5.69 Å². The molecule has 8 heteroatoms. The molecule has 7 nitrogen and oxygen atoms in total. The number of halogens is 1. The Kier molecular flexibility index (Phi) is 5.09. The molecule has 1 heterocycles. The zero-order valence-corrected chi connectivity index (χ0v) is 15.1. The fourth-order valence-corrected chi connectivity index (χ4v) is 2.61. The van der Waals surface area contributed by atoms with Crippen molar-refractivity contribution in [1.29, 1.82) is 0 Å². The standard InChI is InChI=1S/C18H16ClN3O4/c1-10-20-17(22-26-10)11-5-4-6-12(7-11)18(23)21-14-8-13(19)15(24-2)9-16(14)25-3/h4-9H,1-3H3,(H,21,23). The molecule has 0 unspecified atom stereocenters. The number of hydrogen-bond acceptors (Lipinski definition) is 6. The number of aryl methyl sites for hydroxylation is 1. The van der Waals surface area contributed by atoms with Crippen LogP contribution in [0.25, 0.3) is 11.4 Å². The molecule has 3 aromatic rings. The maximum Gasteiger partial charge on any atom is 0.255 e. The minimum atomic E-state index is -0.327. The Labute approximate surface area is 154 Å². The molecule has 0 saturated heterocycles. The molecular formula is C18H16ClN3O4. The maximum atomic E-state index is 12.6. The van der Waals surface area contributed by atoms with Gasteiger partial charge in [-0.05, 0) is 18.2 Å². The van der Waals surface area contributed by atoms with Crippen LogP contribution in [0.15, 0.2) is 40.9 Å². The summed E-state index contributed by atoms with van der Waals surface area (Å²) in [6.45, 7) is 1.70. The monoisotopic (exact) mass is 373 g/mol. The van der Waals surface area contributed by atoms with Gasteiger partial charge in [-0.2, -0.15) is 4.98 Å². The van der Waals surface area contributed by atoms with Gasteiger partial charge in [-0.25, -0.2) is 0 Å². The second kappa shape index (κ2) is 7.45. The van der Waals surface area contributed by atoms with Gasteiger partial charge in [-0.1, -0.05) is 28.9 Å². The molecule has 0 bridgehead atoms. The van der Waals surface area contributed by atoms with E-state index in [9.17, 15) is 4.79 Å². The van der Waals surface area contributed by atoms with Crippen LogP contribution in [-0.4, -0.2) is 30.3 Å². The van der Waals surface area contributed by atoms with E-state index in [1.165, 1.54) is 14.2 Å². The Morgan fingerprint density at radius 1 is 1.15 bits per heavy atom. The van der Waals surface area contributed by atoms with Gasteiger partial charge in [0.15, 0.2) is 0 Å². The van der Waals surface area contributed by atoms with Gasteiger partial charge in [0.05, 0.1) is 24.9 Å². The molecule has 0 spiro atoms. The van der Waals surface area contributed by atoms with Crippen molar-refractivity contribution in [3.05, 3.63) is 52.9 Å². The zero-order chi connectivity index (χ0) is 18.7. The van der Waals surface area contributed by atoms with Crippen LogP contribution >= 0.6 is 11.6 Å². The van der Waals surface area contributed by atoms with Crippen molar-refractivity contribution < 1.29 is 18.8 Å². The predicted molar refractivity (Wildman–Crippen MR) is 97.0 cm³/mol. The number of rotatable bonds is 5. The van der Waals surface area contributed by atoms with E-state index in [0.29, 0.717) is 45.1 Å². The summed E-state index contributed by atoms with van der Waals surface area (Å²) in [5.41, 5.74) is 1.54. The van der Waals surface area contributed by atoms with Crippen molar-refractivity contribution in [2.24, 2.45) is 0 Å².